The number of carbonyl (C=O) groups is 2. The Labute approximate surface area is 122 Å². The molecule has 1 fully saturated rings. The molecule has 0 saturated carbocycles. The molecule has 2 rings (SSSR count). The van der Waals surface area contributed by atoms with Crippen LogP contribution in [0.3, 0.4) is 0 Å². The van der Waals surface area contributed by atoms with Gasteiger partial charge in [-0.15, -0.1) is 0 Å². The van der Waals surface area contributed by atoms with Gasteiger partial charge in [-0.05, 0) is 19.1 Å². The molecule has 0 radical (unpaired) electrons. The van der Waals surface area contributed by atoms with Gasteiger partial charge in [-0.2, -0.15) is 0 Å². The van der Waals surface area contributed by atoms with Crippen molar-refractivity contribution in [1.29, 1.82) is 0 Å². The number of carboxylic acids is 1. The van der Waals surface area contributed by atoms with Crippen molar-refractivity contribution in [2.75, 3.05) is 13.1 Å². The third-order valence-corrected chi connectivity index (χ3v) is 3.77. The van der Waals surface area contributed by atoms with Crippen LogP contribution < -0.4 is 4.74 Å². The van der Waals surface area contributed by atoms with Gasteiger partial charge >= 0.3 is 5.97 Å². The highest BCUT2D eigenvalue weighted by atomic mass is 19.1. The lowest BCUT2D eigenvalue weighted by Gasteiger charge is -2.42. The zero-order chi connectivity index (χ0) is 15.6. The number of carbonyl (C=O) groups excluding carboxylic acids is 1. The van der Waals surface area contributed by atoms with Gasteiger partial charge in [0.25, 0.3) is 5.91 Å². The van der Waals surface area contributed by atoms with Crippen LogP contribution in [0, 0.1) is 17.7 Å². The summed E-state index contributed by atoms with van der Waals surface area (Å²) in [6.45, 7) is 4.08. The minimum Gasteiger partial charge on any atom is -0.481 e. The summed E-state index contributed by atoms with van der Waals surface area (Å²) in [5.74, 6) is -1.68. The fourth-order valence-electron chi connectivity index (χ4n) is 2.26. The molecular formula is C15H18FNO4. The van der Waals surface area contributed by atoms with Gasteiger partial charge in [0.15, 0.2) is 6.10 Å². The van der Waals surface area contributed by atoms with Gasteiger partial charge in [-0.1, -0.05) is 13.0 Å². The molecule has 1 amide bonds. The lowest BCUT2D eigenvalue weighted by Crippen LogP contribution is -2.56. The maximum absolute atomic E-state index is 13.0. The highest BCUT2D eigenvalue weighted by Gasteiger charge is 2.38. The van der Waals surface area contributed by atoms with E-state index in [0.717, 1.165) is 0 Å². The van der Waals surface area contributed by atoms with E-state index in [2.05, 4.69) is 0 Å². The predicted molar refractivity (Wildman–Crippen MR) is 73.4 cm³/mol. The van der Waals surface area contributed by atoms with Crippen LogP contribution in [0.4, 0.5) is 4.39 Å². The molecule has 0 aromatic heterocycles. The molecule has 1 heterocycles. The van der Waals surface area contributed by atoms with Gasteiger partial charge in [-0.3, -0.25) is 9.59 Å². The molecule has 0 spiro atoms. The number of carboxylic acid groups (broad SMARTS) is 1. The standard InChI is InChI=1S/C15H18FNO4/c1-9(15(19)20)11-7-17(8-11)14(18)10(2)21-13-5-3-4-12(16)6-13/h3-6,9-11H,7-8H2,1-2H3,(H,19,20). The number of benzene rings is 1. The maximum atomic E-state index is 13.0. The van der Waals surface area contributed by atoms with E-state index in [9.17, 15) is 14.0 Å². The van der Waals surface area contributed by atoms with E-state index >= 15 is 0 Å². The Kier molecular flexibility index (Phi) is 4.45. The van der Waals surface area contributed by atoms with Crippen LogP contribution in [0.15, 0.2) is 24.3 Å². The number of amides is 1. The number of likely N-dealkylation sites (tertiary alicyclic amines) is 1. The third kappa shape index (κ3) is 3.51. The number of ether oxygens (including phenoxy) is 1. The summed E-state index contributed by atoms with van der Waals surface area (Å²) >= 11 is 0. The summed E-state index contributed by atoms with van der Waals surface area (Å²) < 4.78 is 18.4. The van der Waals surface area contributed by atoms with E-state index in [1.165, 1.54) is 18.2 Å². The SMILES string of the molecule is CC(Oc1cccc(F)c1)C(=O)N1CC(C(C)C(=O)O)C1. The molecule has 5 nitrogen and oxygen atoms in total. The van der Waals surface area contributed by atoms with E-state index < -0.39 is 23.8 Å². The second kappa shape index (κ2) is 6.11. The Morgan fingerprint density at radius 2 is 2.05 bits per heavy atom. The Morgan fingerprint density at radius 1 is 1.38 bits per heavy atom. The van der Waals surface area contributed by atoms with E-state index in [1.807, 2.05) is 0 Å². The van der Waals surface area contributed by atoms with Crippen molar-refractivity contribution >= 4 is 11.9 Å². The summed E-state index contributed by atoms with van der Waals surface area (Å²) in [5.41, 5.74) is 0. The summed E-state index contributed by atoms with van der Waals surface area (Å²) in [7, 11) is 0. The van der Waals surface area contributed by atoms with E-state index in [-0.39, 0.29) is 11.8 Å². The molecule has 114 valence electrons. The van der Waals surface area contributed by atoms with Crippen molar-refractivity contribution in [1.82, 2.24) is 4.90 Å². The van der Waals surface area contributed by atoms with Crippen LogP contribution in [0.2, 0.25) is 0 Å². The first-order valence-corrected chi connectivity index (χ1v) is 6.82. The van der Waals surface area contributed by atoms with Gasteiger partial charge in [0.1, 0.15) is 11.6 Å². The first-order chi connectivity index (χ1) is 9.88. The largest absolute Gasteiger partial charge is 0.481 e. The van der Waals surface area contributed by atoms with Crippen molar-refractivity contribution < 1.29 is 23.8 Å². The molecule has 1 aromatic carbocycles. The number of halogens is 1. The molecule has 21 heavy (non-hydrogen) atoms. The second-order valence-electron chi connectivity index (χ2n) is 5.35. The normalized spacial score (nSPS) is 17.8. The summed E-state index contributed by atoms with van der Waals surface area (Å²) in [6.07, 6.45) is -0.729. The van der Waals surface area contributed by atoms with Crippen molar-refractivity contribution in [3.05, 3.63) is 30.1 Å². The first kappa shape index (κ1) is 15.3. The number of hydrogen-bond acceptors (Lipinski definition) is 3. The molecule has 0 aliphatic carbocycles. The Bertz CT molecular complexity index is 542. The fraction of sp³-hybridized carbons (Fsp3) is 0.467. The van der Waals surface area contributed by atoms with Crippen LogP contribution in [0.25, 0.3) is 0 Å². The Hall–Kier alpha value is -2.11. The van der Waals surface area contributed by atoms with Crippen molar-refractivity contribution in [2.45, 2.75) is 20.0 Å². The zero-order valence-corrected chi connectivity index (χ0v) is 12.0. The maximum Gasteiger partial charge on any atom is 0.306 e. The van der Waals surface area contributed by atoms with Crippen molar-refractivity contribution in [2.24, 2.45) is 11.8 Å². The smallest absolute Gasteiger partial charge is 0.306 e. The monoisotopic (exact) mass is 295 g/mol. The van der Waals surface area contributed by atoms with Crippen molar-refractivity contribution in [3.63, 3.8) is 0 Å². The molecule has 6 heteroatoms. The van der Waals surface area contributed by atoms with Gasteiger partial charge in [-0.25, -0.2) is 4.39 Å². The van der Waals surface area contributed by atoms with Crippen LogP contribution in [-0.2, 0) is 9.59 Å². The number of aliphatic carboxylic acids is 1. The fourth-order valence-corrected chi connectivity index (χ4v) is 2.26. The summed E-state index contributed by atoms with van der Waals surface area (Å²) in [4.78, 5) is 24.5. The minimum absolute atomic E-state index is 0.0205. The zero-order valence-electron chi connectivity index (χ0n) is 12.0. The van der Waals surface area contributed by atoms with Gasteiger partial charge in [0.05, 0.1) is 5.92 Å². The lowest BCUT2D eigenvalue weighted by molar-refractivity contribution is -0.153. The molecule has 2 unspecified atom stereocenters. The van der Waals surface area contributed by atoms with Crippen molar-refractivity contribution in [3.8, 4) is 5.75 Å². The van der Waals surface area contributed by atoms with Crippen LogP contribution in [0.5, 0.6) is 5.75 Å². The molecule has 1 aliphatic rings. The molecule has 0 bridgehead atoms. The molecule has 1 N–H and O–H groups in total. The quantitative estimate of drug-likeness (QED) is 0.899. The van der Waals surface area contributed by atoms with Crippen LogP contribution in [0.1, 0.15) is 13.8 Å². The topological polar surface area (TPSA) is 66.8 Å². The van der Waals surface area contributed by atoms with E-state index in [0.29, 0.717) is 18.8 Å². The minimum atomic E-state index is -0.851. The number of nitrogens with zero attached hydrogens (tertiary/aromatic N) is 1. The van der Waals surface area contributed by atoms with Gasteiger partial charge in [0.2, 0.25) is 0 Å². The van der Waals surface area contributed by atoms with E-state index in [4.69, 9.17) is 9.84 Å². The lowest BCUT2D eigenvalue weighted by atomic mass is 9.87. The second-order valence-corrected chi connectivity index (χ2v) is 5.35. The third-order valence-electron chi connectivity index (χ3n) is 3.77. The molecule has 1 aromatic rings. The molecule has 2 atom stereocenters. The van der Waals surface area contributed by atoms with E-state index in [1.54, 1.807) is 24.8 Å². The highest BCUT2D eigenvalue weighted by Crippen LogP contribution is 2.25. The predicted octanol–water partition coefficient (Wildman–Crippen LogP) is 1.77. The Balaban J connectivity index is 1.86. The van der Waals surface area contributed by atoms with Gasteiger partial charge in [0, 0.05) is 25.1 Å². The average molecular weight is 295 g/mol. The molecular weight excluding hydrogens is 277 g/mol. The first-order valence-electron chi connectivity index (χ1n) is 6.82. The summed E-state index contributed by atoms with van der Waals surface area (Å²) in [5, 5.41) is 8.91. The summed E-state index contributed by atoms with van der Waals surface area (Å²) in [6, 6.07) is 5.61. The number of hydrogen-bond donors (Lipinski definition) is 1. The van der Waals surface area contributed by atoms with Crippen LogP contribution in [-0.4, -0.2) is 41.1 Å². The molecule has 1 saturated heterocycles. The number of rotatable bonds is 5. The molecule has 1 aliphatic heterocycles. The average Bonchev–Trinajstić information content (AvgIpc) is 2.36. The Morgan fingerprint density at radius 3 is 2.62 bits per heavy atom. The highest BCUT2D eigenvalue weighted by molar-refractivity contribution is 5.82. The van der Waals surface area contributed by atoms with Crippen LogP contribution >= 0.6 is 0 Å². The van der Waals surface area contributed by atoms with Gasteiger partial charge < -0.3 is 14.7 Å².